The Hall–Kier alpha value is -2.64. The van der Waals surface area contributed by atoms with Gasteiger partial charge in [-0.3, -0.25) is 19.2 Å². The van der Waals surface area contributed by atoms with E-state index in [-0.39, 0.29) is 5.56 Å². The Balaban J connectivity index is 2.95. The van der Waals surface area contributed by atoms with Gasteiger partial charge in [0.05, 0.1) is 0 Å². The van der Waals surface area contributed by atoms with Gasteiger partial charge in [0.15, 0.2) is 0 Å². The van der Waals surface area contributed by atoms with Gasteiger partial charge in [-0.25, -0.2) is 0 Å². The molecular weight excluding hydrogens is 302 g/mol. The zero-order valence-electron chi connectivity index (χ0n) is 13.5. The number of aromatic nitrogens is 1. The number of rotatable bonds is 5. The van der Waals surface area contributed by atoms with Crippen LogP contribution >= 0.6 is 0 Å². The molecule has 4 N–H and O–H groups in total. The topological polar surface area (TPSA) is 128 Å². The lowest BCUT2D eigenvalue weighted by molar-refractivity contribution is -0.142. The first kappa shape index (κ1) is 18.4. The van der Waals surface area contributed by atoms with Gasteiger partial charge < -0.3 is 20.7 Å². The van der Waals surface area contributed by atoms with Crippen LogP contribution in [-0.4, -0.2) is 40.0 Å². The third-order valence-electron chi connectivity index (χ3n) is 3.17. The highest BCUT2D eigenvalue weighted by atomic mass is 16.4. The van der Waals surface area contributed by atoms with Crippen LogP contribution in [0, 0.1) is 5.41 Å². The number of carbonyl (C=O) groups is 3. The number of carboxylic acid groups (broad SMARTS) is 1. The highest BCUT2D eigenvalue weighted by molar-refractivity contribution is 5.98. The van der Waals surface area contributed by atoms with Gasteiger partial charge in [0.25, 0.3) is 5.91 Å². The second-order valence-corrected chi connectivity index (χ2v) is 6.28. The van der Waals surface area contributed by atoms with Crippen molar-refractivity contribution in [2.75, 3.05) is 0 Å². The van der Waals surface area contributed by atoms with Crippen LogP contribution < -0.4 is 16.2 Å². The average Bonchev–Trinajstić information content (AvgIpc) is 2.42. The molecule has 2 atom stereocenters. The first-order valence-electron chi connectivity index (χ1n) is 7.05. The molecule has 8 nitrogen and oxygen atoms in total. The van der Waals surface area contributed by atoms with E-state index in [1.807, 2.05) is 0 Å². The third kappa shape index (κ3) is 5.24. The summed E-state index contributed by atoms with van der Waals surface area (Å²) in [4.78, 5) is 49.0. The molecule has 0 aromatic carbocycles. The number of aromatic amines is 1. The average molecular weight is 323 g/mol. The molecular formula is C15H21N3O5. The fourth-order valence-electron chi connectivity index (χ4n) is 1.83. The number of aliphatic carboxylic acids is 1. The Morgan fingerprint density at radius 3 is 2.30 bits per heavy atom. The highest BCUT2D eigenvalue weighted by Gasteiger charge is 2.34. The number of nitrogens with one attached hydrogen (secondary N) is 3. The first-order chi connectivity index (χ1) is 10.5. The molecule has 0 fully saturated rings. The molecule has 0 bridgehead atoms. The molecule has 0 radical (unpaired) electrons. The van der Waals surface area contributed by atoms with Crippen molar-refractivity contribution in [1.29, 1.82) is 0 Å². The van der Waals surface area contributed by atoms with E-state index in [0.717, 1.165) is 6.07 Å². The van der Waals surface area contributed by atoms with Gasteiger partial charge in [-0.15, -0.1) is 0 Å². The van der Waals surface area contributed by atoms with Crippen molar-refractivity contribution >= 4 is 17.8 Å². The summed E-state index contributed by atoms with van der Waals surface area (Å²) < 4.78 is 0. The standard InChI is InChI=1S/C15H21N3O5/c1-8(14(22)23)17-13(21)11(15(2,3)4)18-12(20)9-5-6-16-10(19)7-9/h5-8,11H,1-4H3,(H,16,19)(H,17,21)(H,18,20)(H,22,23)/t8-,11+/m0/s1. The summed E-state index contributed by atoms with van der Waals surface area (Å²) in [5, 5.41) is 13.7. The number of carbonyl (C=O) groups excluding carboxylic acids is 2. The minimum atomic E-state index is -1.17. The summed E-state index contributed by atoms with van der Waals surface area (Å²) in [6, 6.07) is 0.487. The van der Waals surface area contributed by atoms with E-state index in [9.17, 15) is 19.2 Å². The van der Waals surface area contributed by atoms with Crippen LogP contribution in [0.1, 0.15) is 38.1 Å². The number of hydrogen-bond donors (Lipinski definition) is 4. The molecule has 0 spiro atoms. The zero-order valence-corrected chi connectivity index (χ0v) is 13.5. The highest BCUT2D eigenvalue weighted by Crippen LogP contribution is 2.20. The molecule has 1 heterocycles. The van der Waals surface area contributed by atoms with Crippen LogP contribution in [0.4, 0.5) is 0 Å². The zero-order chi connectivity index (χ0) is 17.8. The lowest BCUT2D eigenvalue weighted by atomic mass is 9.85. The maximum absolute atomic E-state index is 12.3. The number of pyridine rings is 1. The Bertz CT molecular complexity index is 660. The molecule has 0 aliphatic rings. The van der Waals surface area contributed by atoms with Crippen molar-refractivity contribution in [3.63, 3.8) is 0 Å². The summed E-state index contributed by atoms with van der Waals surface area (Å²) in [6.07, 6.45) is 1.33. The Labute approximate surface area is 133 Å². The van der Waals surface area contributed by atoms with Gasteiger partial charge >= 0.3 is 5.97 Å². The van der Waals surface area contributed by atoms with Gasteiger partial charge in [-0.05, 0) is 18.4 Å². The molecule has 0 aliphatic heterocycles. The van der Waals surface area contributed by atoms with Crippen LogP contribution in [0.2, 0.25) is 0 Å². The third-order valence-corrected chi connectivity index (χ3v) is 3.17. The lowest BCUT2D eigenvalue weighted by Gasteiger charge is -2.31. The van der Waals surface area contributed by atoms with Gasteiger partial charge in [0, 0.05) is 17.8 Å². The van der Waals surface area contributed by atoms with Crippen LogP contribution in [0.3, 0.4) is 0 Å². The van der Waals surface area contributed by atoms with E-state index < -0.39 is 40.8 Å². The quantitative estimate of drug-likeness (QED) is 0.611. The van der Waals surface area contributed by atoms with Gasteiger partial charge in [0.2, 0.25) is 11.5 Å². The summed E-state index contributed by atoms with van der Waals surface area (Å²) in [5.74, 6) is -2.37. The summed E-state index contributed by atoms with van der Waals surface area (Å²) in [5.41, 5.74) is -0.977. The lowest BCUT2D eigenvalue weighted by Crippen LogP contribution is -2.56. The maximum Gasteiger partial charge on any atom is 0.325 e. The monoisotopic (exact) mass is 323 g/mol. The van der Waals surface area contributed by atoms with Crippen LogP contribution in [0.25, 0.3) is 0 Å². The summed E-state index contributed by atoms with van der Waals surface area (Å²) in [7, 11) is 0. The number of amides is 2. The van der Waals surface area contributed by atoms with Crippen molar-refractivity contribution < 1.29 is 19.5 Å². The predicted octanol–water partition coefficient (Wildman–Crippen LogP) is 0.109. The van der Waals surface area contributed by atoms with Gasteiger partial charge in [0.1, 0.15) is 12.1 Å². The van der Waals surface area contributed by atoms with E-state index in [1.165, 1.54) is 19.2 Å². The molecule has 8 heteroatoms. The molecule has 2 amide bonds. The second-order valence-electron chi connectivity index (χ2n) is 6.28. The summed E-state index contributed by atoms with van der Waals surface area (Å²) in [6.45, 7) is 6.54. The second kappa shape index (κ2) is 7.08. The fourth-order valence-corrected chi connectivity index (χ4v) is 1.83. The normalized spacial score (nSPS) is 13.7. The molecule has 1 rings (SSSR count). The van der Waals surface area contributed by atoms with Crippen molar-refractivity contribution in [3.8, 4) is 0 Å². The van der Waals surface area contributed by atoms with E-state index in [4.69, 9.17) is 5.11 Å². The SMILES string of the molecule is C[C@H](NC(=O)[C@@H](NC(=O)c1cc[nH]c(=O)c1)C(C)(C)C)C(=O)O. The van der Waals surface area contributed by atoms with Crippen LogP contribution in [0.15, 0.2) is 23.1 Å². The molecule has 0 aliphatic carbocycles. The minimum Gasteiger partial charge on any atom is -0.480 e. The Morgan fingerprint density at radius 1 is 1.22 bits per heavy atom. The smallest absolute Gasteiger partial charge is 0.325 e. The molecule has 1 aromatic heterocycles. The predicted molar refractivity (Wildman–Crippen MR) is 83.0 cm³/mol. The maximum atomic E-state index is 12.3. The largest absolute Gasteiger partial charge is 0.480 e. The number of H-pyrrole nitrogens is 1. The van der Waals surface area contributed by atoms with Gasteiger partial charge in [-0.1, -0.05) is 20.8 Å². The van der Waals surface area contributed by atoms with E-state index in [1.54, 1.807) is 20.8 Å². The molecule has 0 saturated heterocycles. The van der Waals surface area contributed by atoms with E-state index >= 15 is 0 Å². The van der Waals surface area contributed by atoms with E-state index in [2.05, 4.69) is 15.6 Å². The van der Waals surface area contributed by atoms with Crippen molar-refractivity contribution in [3.05, 3.63) is 34.2 Å². The fraction of sp³-hybridized carbons (Fsp3) is 0.467. The van der Waals surface area contributed by atoms with Crippen molar-refractivity contribution in [2.45, 2.75) is 39.8 Å². The molecule has 126 valence electrons. The van der Waals surface area contributed by atoms with Crippen molar-refractivity contribution in [2.24, 2.45) is 5.41 Å². The van der Waals surface area contributed by atoms with Crippen LogP contribution in [-0.2, 0) is 9.59 Å². The Kier molecular flexibility index (Phi) is 5.67. The molecule has 1 aromatic rings. The summed E-state index contributed by atoms with van der Waals surface area (Å²) >= 11 is 0. The van der Waals surface area contributed by atoms with E-state index in [0.29, 0.717) is 0 Å². The number of hydrogen-bond acceptors (Lipinski definition) is 4. The molecule has 0 saturated carbocycles. The first-order valence-corrected chi connectivity index (χ1v) is 7.05. The number of carboxylic acids is 1. The Morgan fingerprint density at radius 2 is 1.83 bits per heavy atom. The molecule has 23 heavy (non-hydrogen) atoms. The van der Waals surface area contributed by atoms with Gasteiger partial charge in [-0.2, -0.15) is 0 Å². The molecule has 0 unspecified atom stereocenters. The minimum absolute atomic E-state index is 0.113. The van der Waals surface area contributed by atoms with Crippen LogP contribution in [0.5, 0.6) is 0 Å². The van der Waals surface area contributed by atoms with Crippen molar-refractivity contribution in [1.82, 2.24) is 15.6 Å².